The molecule has 5 heteroatoms. The quantitative estimate of drug-likeness (QED) is 0.445. The van der Waals surface area contributed by atoms with Crippen molar-refractivity contribution in [2.75, 3.05) is 0 Å². The second-order valence-corrected chi connectivity index (χ2v) is 7.84. The van der Waals surface area contributed by atoms with Crippen LogP contribution in [0.15, 0.2) is 54.6 Å². The van der Waals surface area contributed by atoms with E-state index in [0.29, 0.717) is 23.0 Å². The van der Waals surface area contributed by atoms with Crippen LogP contribution in [0.1, 0.15) is 29.2 Å². The van der Waals surface area contributed by atoms with Gasteiger partial charge >= 0.3 is 0 Å². The van der Waals surface area contributed by atoms with Gasteiger partial charge in [0.2, 0.25) is 0 Å². The topological polar surface area (TPSA) is 79.1 Å². The number of aromatic hydroxyl groups is 2. The molecule has 0 aliphatic carbocycles. The van der Waals surface area contributed by atoms with E-state index in [1.807, 2.05) is 31.2 Å². The monoisotopic (exact) mass is 411 g/mol. The van der Waals surface area contributed by atoms with E-state index in [1.165, 1.54) is 23.3 Å². The van der Waals surface area contributed by atoms with Crippen LogP contribution in [0, 0.1) is 20.8 Å². The molecule has 0 aliphatic heterocycles. The van der Waals surface area contributed by atoms with Gasteiger partial charge in [-0.25, -0.2) is 15.0 Å². The summed E-state index contributed by atoms with van der Waals surface area (Å²) in [5.74, 6) is 1.37. The Labute approximate surface area is 182 Å². The Hall–Kier alpha value is -3.73. The zero-order chi connectivity index (χ0) is 22.1. The fourth-order valence-electron chi connectivity index (χ4n) is 3.74. The third-order valence-electron chi connectivity index (χ3n) is 5.36. The number of aromatic nitrogens is 3. The van der Waals surface area contributed by atoms with Crippen LogP contribution < -0.4 is 0 Å². The third kappa shape index (κ3) is 4.12. The minimum atomic E-state index is -0.0802. The maximum atomic E-state index is 10.4. The van der Waals surface area contributed by atoms with Crippen LogP contribution in [-0.4, -0.2) is 25.2 Å². The smallest absolute Gasteiger partial charge is 0.167 e. The molecule has 5 nitrogen and oxygen atoms in total. The van der Waals surface area contributed by atoms with E-state index in [1.54, 1.807) is 6.07 Å². The largest absolute Gasteiger partial charge is 0.508 e. The van der Waals surface area contributed by atoms with Crippen molar-refractivity contribution in [1.29, 1.82) is 0 Å². The van der Waals surface area contributed by atoms with Gasteiger partial charge in [0.05, 0.1) is 5.56 Å². The van der Waals surface area contributed by atoms with Crippen LogP contribution in [0.25, 0.3) is 34.2 Å². The molecule has 2 N–H and O–H groups in total. The molecule has 0 atom stereocenters. The van der Waals surface area contributed by atoms with Crippen molar-refractivity contribution in [3.8, 4) is 45.7 Å². The molecule has 4 aromatic rings. The van der Waals surface area contributed by atoms with E-state index >= 15 is 0 Å². The Kier molecular flexibility index (Phi) is 5.42. The van der Waals surface area contributed by atoms with Gasteiger partial charge in [-0.3, -0.25) is 0 Å². The van der Waals surface area contributed by atoms with Crippen molar-refractivity contribution in [2.24, 2.45) is 0 Å². The second-order valence-electron chi connectivity index (χ2n) is 7.84. The first-order valence-corrected chi connectivity index (χ1v) is 10.3. The van der Waals surface area contributed by atoms with Crippen molar-refractivity contribution in [3.05, 3.63) is 76.9 Å². The van der Waals surface area contributed by atoms with Gasteiger partial charge in [0.15, 0.2) is 17.5 Å². The summed E-state index contributed by atoms with van der Waals surface area (Å²) in [5.41, 5.74) is 6.87. The van der Waals surface area contributed by atoms with Gasteiger partial charge < -0.3 is 10.2 Å². The average Bonchev–Trinajstić information content (AvgIpc) is 2.73. The normalized spacial score (nSPS) is 11.0. The SMILES string of the molecule is CCc1cc(C)ccc1-c1nc(-c2ccc(C)cc2C)nc(-c2ccc(O)cc2O)n1. The molecule has 0 amide bonds. The first-order chi connectivity index (χ1) is 14.9. The molecule has 0 aliphatic rings. The summed E-state index contributed by atoms with van der Waals surface area (Å²) in [4.78, 5) is 14.2. The molecular weight excluding hydrogens is 386 g/mol. The Morgan fingerprint density at radius 1 is 0.645 bits per heavy atom. The average molecular weight is 412 g/mol. The summed E-state index contributed by atoms with van der Waals surface area (Å²) in [7, 11) is 0. The number of benzene rings is 3. The van der Waals surface area contributed by atoms with Crippen LogP contribution in [0.2, 0.25) is 0 Å². The van der Waals surface area contributed by atoms with Crippen LogP contribution in [0.4, 0.5) is 0 Å². The Morgan fingerprint density at radius 2 is 1.19 bits per heavy atom. The highest BCUT2D eigenvalue weighted by molar-refractivity contribution is 5.72. The lowest BCUT2D eigenvalue weighted by atomic mass is 10.0. The van der Waals surface area contributed by atoms with Crippen molar-refractivity contribution < 1.29 is 10.2 Å². The molecule has 0 fully saturated rings. The Balaban J connectivity index is 1.99. The summed E-state index contributed by atoms with van der Waals surface area (Å²) in [5, 5.41) is 20.1. The maximum absolute atomic E-state index is 10.4. The molecular formula is C26H25N3O2. The van der Waals surface area contributed by atoms with E-state index in [2.05, 4.69) is 37.9 Å². The summed E-state index contributed by atoms with van der Waals surface area (Å²) in [6, 6.07) is 16.8. The zero-order valence-electron chi connectivity index (χ0n) is 18.1. The third-order valence-corrected chi connectivity index (χ3v) is 5.36. The number of aryl methyl sites for hydroxylation is 4. The molecule has 4 rings (SSSR count). The lowest BCUT2D eigenvalue weighted by Gasteiger charge is -2.13. The Morgan fingerprint density at radius 3 is 1.81 bits per heavy atom. The molecule has 0 bridgehead atoms. The Bertz CT molecular complexity index is 1210. The summed E-state index contributed by atoms with van der Waals surface area (Å²) in [6.45, 7) is 8.26. The van der Waals surface area contributed by atoms with Gasteiger partial charge in [0.1, 0.15) is 11.5 Å². The van der Waals surface area contributed by atoms with Gasteiger partial charge in [-0.1, -0.05) is 54.4 Å². The maximum Gasteiger partial charge on any atom is 0.167 e. The summed E-state index contributed by atoms with van der Waals surface area (Å²) in [6.07, 6.45) is 0.849. The van der Waals surface area contributed by atoms with E-state index in [9.17, 15) is 10.2 Å². The fraction of sp³-hybridized carbons (Fsp3) is 0.192. The molecule has 0 saturated carbocycles. The molecule has 31 heavy (non-hydrogen) atoms. The lowest BCUT2D eigenvalue weighted by Crippen LogP contribution is -2.03. The lowest BCUT2D eigenvalue weighted by molar-refractivity contribution is 0.451. The zero-order valence-corrected chi connectivity index (χ0v) is 18.1. The van der Waals surface area contributed by atoms with Gasteiger partial charge in [-0.2, -0.15) is 0 Å². The summed E-state index contributed by atoms with van der Waals surface area (Å²) < 4.78 is 0. The number of phenolic OH excluding ortho intramolecular Hbond substituents is 2. The van der Waals surface area contributed by atoms with Crippen LogP contribution >= 0.6 is 0 Å². The minimum absolute atomic E-state index is 0.0167. The first-order valence-electron chi connectivity index (χ1n) is 10.3. The van der Waals surface area contributed by atoms with Crippen molar-refractivity contribution in [2.45, 2.75) is 34.1 Å². The molecule has 1 aromatic heterocycles. The predicted molar refractivity (Wildman–Crippen MR) is 123 cm³/mol. The standard InChI is InChI=1S/C26H25N3O2/c1-5-18-13-16(3)7-10-21(18)25-27-24(20-9-6-15(2)12-17(20)4)28-26(29-25)22-11-8-19(30)14-23(22)31/h6-14,30-31H,5H2,1-4H3. The second kappa shape index (κ2) is 8.19. The molecule has 0 radical (unpaired) electrons. The van der Waals surface area contributed by atoms with E-state index in [4.69, 9.17) is 9.97 Å². The number of hydrogen-bond acceptors (Lipinski definition) is 5. The molecule has 1 heterocycles. The molecule has 156 valence electrons. The van der Waals surface area contributed by atoms with Gasteiger partial charge in [-0.05, 0) is 50.5 Å². The van der Waals surface area contributed by atoms with Crippen molar-refractivity contribution in [1.82, 2.24) is 15.0 Å². The number of phenols is 2. The van der Waals surface area contributed by atoms with E-state index in [-0.39, 0.29) is 11.5 Å². The fourth-order valence-corrected chi connectivity index (χ4v) is 3.74. The van der Waals surface area contributed by atoms with Crippen LogP contribution in [0.5, 0.6) is 11.5 Å². The molecule has 3 aromatic carbocycles. The first kappa shape index (κ1) is 20.5. The van der Waals surface area contributed by atoms with Gasteiger partial charge in [-0.15, -0.1) is 0 Å². The molecule has 0 spiro atoms. The predicted octanol–water partition coefficient (Wildman–Crippen LogP) is 5.77. The van der Waals surface area contributed by atoms with Crippen molar-refractivity contribution in [3.63, 3.8) is 0 Å². The summed E-state index contributed by atoms with van der Waals surface area (Å²) >= 11 is 0. The van der Waals surface area contributed by atoms with E-state index < -0.39 is 0 Å². The number of hydrogen-bond donors (Lipinski definition) is 2. The number of rotatable bonds is 4. The minimum Gasteiger partial charge on any atom is -0.508 e. The van der Waals surface area contributed by atoms with Crippen LogP contribution in [-0.2, 0) is 6.42 Å². The highest BCUT2D eigenvalue weighted by atomic mass is 16.3. The molecule has 0 saturated heterocycles. The highest BCUT2D eigenvalue weighted by Crippen LogP contribution is 2.33. The van der Waals surface area contributed by atoms with E-state index in [0.717, 1.165) is 28.7 Å². The van der Waals surface area contributed by atoms with Gasteiger partial charge in [0.25, 0.3) is 0 Å². The van der Waals surface area contributed by atoms with Gasteiger partial charge in [0, 0.05) is 17.2 Å². The molecule has 0 unspecified atom stereocenters. The number of nitrogens with zero attached hydrogens (tertiary/aromatic N) is 3. The highest BCUT2D eigenvalue weighted by Gasteiger charge is 2.17. The van der Waals surface area contributed by atoms with Crippen LogP contribution in [0.3, 0.4) is 0 Å². The van der Waals surface area contributed by atoms with Crippen molar-refractivity contribution >= 4 is 0 Å².